The lowest BCUT2D eigenvalue weighted by molar-refractivity contribution is 0.615. The van der Waals surface area contributed by atoms with Gasteiger partial charge in [-0.1, -0.05) is 0 Å². The van der Waals surface area contributed by atoms with Crippen molar-refractivity contribution in [2.75, 3.05) is 5.32 Å². The summed E-state index contributed by atoms with van der Waals surface area (Å²) in [5.41, 5.74) is 3.04. The van der Waals surface area contributed by atoms with Crippen LogP contribution in [0.5, 0.6) is 0 Å². The van der Waals surface area contributed by atoms with Gasteiger partial charge in [0.1, 0.15) is 11.4 Å². The van der Waals surface area contributed by atoms with Gasteiger partial charge in [-0.05, 0) is 19.1 Å². The average molecular weight is 228 g/mol. The number of aromatic nitrogens is 3. The maximum Gasteiger partial charge on any atom is 0.139 e. The molecule has 86 valence electrons. The van der Waals surface area contributed by atoms with Gasteiger partial charge in [0.2, 0.25) is 0 Å². The van der Waals surface area contributed by atoms with E-state index in [0.717, 1.165) is 28.0 Å². The third-order valence-electron chi connectivity index (χ3n) is 2.76. The van der Waals surface area contributed by atoms with Crippen molar-refractivity contribution < 1.29 is 4.42 Å². The molecule has 0 atom stereocenters. The predicted octanol–water partition coefficient (Wildman–Crippen LogP) is 2.47. The molecule has 0 aliphatic carbocycles. The molecule has 0 fully saturated rings. The van der Waals surface area contributed by atoms with E-state index in [9.17, 15) is 0 Å². The minimum atomic E-state index is 0.694. The highest BCUT2D eigenvalue weighted by Gasteiger charge is 2.05. The highest BCUT2D eigenvalue weighted by atomic mass is 16.3. The molecule has 17 heavy (non-hydrogen) atoms. The fraction of sp³-hybridized carbons (Fsp3) is 0.167. The van der Waals surface area contributed by atoms with E-state index in [4.69, 9.17) is 4.42 Å². The van der Waals surface area contributed by atoms with Crippen molar-refractivity contribution in [3.8, 4) is 0 Å². The normalized spacial score (nSPS) is 10.9. The molecule has 3 heterocycles. The summed E-state index contributed by atoms with van der Waals surface area (Å²) in [6, 6.07) is 3.76. The number of nitrogens with zero attached hydrogens (tertiary/aromatic N) is 2. The van der Waals surface area contributed by atoms with Crippen molar-refractivity contribution >= 4 is 16.8 Å². The Kier molecular flexibility index (Phi) is 2.29. The van der Waals surface area contributed by atoms with E-state index in [1.165, 1.54) is 0 Å². The summed E-state index contributed by atoms with van der Waals surface area (Å²) in [6.07, 6.45) is 5.22. The number of pyridine rings is 1. The zero-order chi connectivity index (χ0) is 11.7. The van der Waals surface area contributed by atoms with Crippen molar-refractivity contribution in [1.29, 1.82) is 0 Å². The Hall–Kier alpha value is -2.30. The Morgan fingerprint density at radius 2 is 2.35 bits per heavy atom. The van der Waals surface area contributed by atoms with Crippen LogP contribution in [-0.4, -0.2) is 15.2 Å². The van der Waals surface area contributed by atoms with Crippen LogP contribution in [0, 0.1) is 6.92 Å². The van der Waals surface area contributed by atoms with Crippen molar-refractivity contribution in [2.24, 2.45) is 0 Å². The number of hydrogen-bond donors (Lipinski definition) is 2. The van der Waals surface area contributed by atoms with Gasteiger partial charge in [0.15, 0.2) is 0 Å². The van der Waals surface area contributed by atoms with Crippen LogP contribution in [0.25, 0.3) is 11.0 Å². The fourth-order valence-electron chi connectivity index (χ4n) is 1.77. The first kappa shape index (κ1) is 9.89. The van der Waals surface area contributed by atoms with Crippen LogP contribution >= 0.6 is 0 Å². The standard InChI is InChI=1S/C12H12N4O/c1-8-9(7-15-16-8)6-14-12-10-3-5-17-11(10)2-4-13-12/h2-5,7H,6H2,1H3,(H,13,14)(H,15,16). The van der Waals surface area contributed by atoms with Crippen LogP contribution in [0.4, 0.5) is 5.82 Å². The number of anilines is 1. The zero-order valence-electron chi connectivity index (χ0n) is 9.40. The van der Waals surface area contributed by atoms with Crippen LogP contribution in [-0.2, 0) is 6.54 Å². The molecular weight excluding hydrogens is 216 g/mol. The molecule has 0 saturated heterocycles. The minimum absolute atomic E-state index is 0.694. The number of fused-ring (bicyclic) bond motifs is 1. The van der Waals surface area contributed by atoms with Gasteiger partial charge < -0.3 is 9.73 Å². The summed E-state index contributed by atoms with van der Waals surface area (Å²) in [6.45, 7) is 2.69. The molecule has 3 rings (SSSR count). The smallest absolute Gasteiger partial charge is 0.139 e. The zero-order valence-corrected chi connectivity index (χ0v) is 9.40. The second-order valence-electron chi connectivity index (χ2n) is 3.87. The number of hydrogen-bond acceptors (Lipinski definition) is 4. The summed E-state index contributed by atoms with van der Waals surface area (Å²) >= 11 is 0. The van der Waals surface area contributed by atoms with Crippen molar-refractivity contribution in [2.45, 2.75) is 13.5 Å². The second kappa shape index (κ2) is 3.93. The highest BCUT2D eigenvalue weighted by Crippen LogP contribution is 2.22. The van der Waals surface area contributed by atoms with E-state index < -0.39 is 0 Å². The number of furan rings is 1. The van der Waals surface area contributed by atoms with Gasteiger partial charge in [-0.3, -0.25) is 5.10 Å². The Morgan fingerprint density at radius 1 is 1.41 bits per heavy atom. The molecule has 5 heteroatoms. The summed E-state index contributed by atoms with van der Waals surface area (Å²) in [4.78, 5) is 4.31. The number of H-pyrrole nitrogens is 1. The Balaban J connectivity index is 1.86. The van der Waals surface area contributed by atoms with E-state index in [2.05, 4.69) is 20.5 Å². The molecule has 0 aliphatic heterocycles. The topological polar surface area (TPSA) is 66.7 Å². The third kappa shape index (κ3) is 1.75. The van der Waals surface area contributed by atoms with Crippen molar-refractivity contribution in [3.05, 3.63) is 42.0 Å². The van der Waals surface area contributed by atoms with Crippen LogP contribution in [0.2, 0.25) is 0 Å². The van der Waals surface area contributed by atoms with E-state index in [0.29, 0.717) is 6.54 Å². The van der Waals surface area contributed by atoms with E-state index in [-0.39, 0.29) is 0 Å². The first-order valence-electron chi connectivity index (χ1n) is 5.39. The molecule has 0 aromatic carbocycles. The SMILES string of the molecule is Cc1[nH]ncc1CNc1nccc2occc12. The summed E-state index contributed by atoms with van der Waals surface area (Å²) in [5.74, 6) is 0.830. The first-order chi connectivity index (χ1) is 8.34. The van der Waals surface area contributed by atoms with E-state index in [1.54, 1.807) is 12.5 Å². The molecule has 3 aromatic heterocycles. The second-order valence-corrected chi connectivity index (χ2v) is 3.87. The Bertz CT molecular complexity index is 641. The van der Waals surface area contributed by atoms with E-state index >= 15 is 0 Å². The molecule has 0 amide bonds. The summed E-state index contributed by atoms with van der Waals surface area (Å²) in [5, 5.41) is 11.2. The monoisotopic (exact) mass is 228 g/mol. The molecule has 5 nitrogen and oxygen atoms in total. The Labute approximate surface area is 97.9 Å². The van der Waals surface area contributed by atoms with Gasteiger partial charge in [-0.2, -0.15) is 5.10 Å². The lowest BCUT2D eigenvalue weighted by atomic mass is 10.2. The van der Waals surface area contributed by atoms with Gasteiger partial charge in [0, 0.05) is 24.0 Å². The number of aromatic amines is 1. The number of aryl methyl sites for hydroxylation is 1. The predicted molar refractivity (Wildman–Crippen MR) is 64.7 cm³/mol. The molecule has 0 bridgehead atoms. The molecule has 0 unspecified atom stereocenters. The lowest BCUT2D eigenvalue weighted by Gasteiger charge is -2.05. The van der Waals surface area contributed by atoms with Gasteiger partial charge >= 0.3 is 0 Å². The van der Waals surface area contributed by atoms with Gasteiger partial charge in [0.05, 0.1) is 17.8 Å². The molecule has 0 spiro atoms. The largest absolute Gasteiger partial charge is 0.464 e. The first-order valence-corrected chi connectivity index (χ1v) is 5.39. The minimum Gasteiger partial charge on any atom is -0.464 e. The molecular formula is C12H12N4O. The molecule has 0 radical (unpaired) electrons. The van der Waals surface area contributed by atoms with Crippen LogP contribution in [0.1, 0.15) is 11.3 Å². The Morgan fingerprint density at radius 3 is 3.18 bits per heavy atom. The summed E-state index contributed by atoms with van der Waals surface area (Å²) < 4.78 is 5.32. The molecule has 2 N–H and O–H groups in total. The maximum absolute atomic E-state index is 5.32. The van der Waals surface area contributed by atoms with Crippen LogP contribution < -0.4 is 5.32 Å². The van der Waals surface area contributed by atoms with Gasteiger partial charge in [-0.15, -0.1) is 0 Å². The third-order valence-corrected chi connectivity index (χ3v) is 2.76. The molecule has 3 aromatic rings. The van der Waals surface area contributed by atoms with Crippen LogP contribution in [0.3, 0.4) is 0 Å². The molecule has 0 aliphatic rings. The van der Waals surface area contributed by atoms with Gasteiger partial charge in [-0.25, -0.2) is 4.98 Å². The quantitative estimate of drug-likeness (QED) is 0.722. The fourth-order valence-corrected chi connectivity index (χ4v) is 1.77. The molecule has 0 saturated carbocycles. The van der Waals surface area contributed by atoms with Crippen LogP contribution in [0.15, 0.2) is 35.2 Å². The highest BCUT2D eigenvalue weighted by molar-refractivity contribution is 5.87. The van der Waals surface area contributed by atoms with Crippen molar-refractivity contribution in [1.82, 2.24) is 15.2 Å². The van der Waals surface area contributed by atoms with Crippen molar-refractivity contribution in [3.63, 3.8) is 0 Å². The maximum atomic E-state index is 5.32. The average Bonchev–Trinajstić information content (AvgIpc) is 2.95. The summed E-state index contributed by atoms with van der Waals surface area (Å²) in [7, 11) is 0. The lowest BCUT2D eigenvalue weighted by Crippen LogP contribution is -2.01. The number of rotatable bonds is 3. The number of nitrogens with one attached hydrogen (secondary N) is 2. The van der Waals surface area contributed by atoms with Gasteiger partial charge in [0.25, 0.3) is 0 Å². The van der Waals surface area contributed by atoms with E-state index in [1.807, 2.05) is 25.3 Å².